The number of aliphatic hydroxyl groups is 1. The van der Waals surface area contributed by atoms with Crippen LogP contribution in [0.1, 0.15) is 32.4 Å². The van der Waals surface area contributed by atoms with Crippen molar-refractivity contribution in [1.82, 2.24) is 4.31 Å². The highest BCUT2D eigenvalue weighted by Crippen LogP contribution is 2.19. The Morgan fingerprint density at radius 3 is 2.24 bits per heavy atom. The number of rotatable bonds is 7. The lowest BCUT2D eigenvalue weighted by molar-refractivity contribution is 0.235. The fraction of sp³-hybridized carbons (Fsp3) is 0.636. The molecule has 1 aromatic heterocycles. The Bertz CT molecular complexity index is 432. The molecule has 1 heterocycles. The summed E-state index contributed by atoms with van der Waals surface area (Å²) in [4.78, 5) is 0. The lowest BCUT2D eigenvalue weighted by Gasteiger charge is -2.19. The van der Waals surface area contributed by atoms with Gasteiger partial charge in [0.1, 0.15) is 12.4 Å². The molecule has 0 aliphatic heterocycles. The standard InChI is InChI=1S/C11H19NO4S/c1-3-7-12(8-4-2)17(14,15)11-6-5-10(9-13)16-11/h5-6,13H,3-4,7-9H2,1-2H3. The summed E-state index contributed by atoms with van der Waals surface area (Å²) in [6.45, 7) is 4.52. The second kappa shape index (κ2) is 6.18. The Morgan fingerprint density at radius 1 is 1.24 bits per heavy atom. The highest BCUT2D eigenvalue weighted by molar-refractivity contribution is 7.89. The third kappa shape index (κ3) is 3.31. The molecule has 17 heavy (non-hydrogen) atoms. The van der Waals surface area contributed by atoms with Crippen LogP contribution in [0.2, 0.25) is 0 Å². The Labute approximate surface area is 102 Å². The van der Waals surface area contributed by atoms with Gasteiger partial charge < -0.3 is 9.52 Å². The summed E-state index contributed by atoms with van der Waals surface area (Å²) in [5.41, 5.74) is 0. The fourth-order valence-electron chi connectivity index (χ4n) is 1.56. The number of furan rings is 1. The van der Waals surface area contributed by atoms with Crippen LogP contribution in [-0.2, 0) is 16.6 Å². The summed E-state index contributed by atoms with van der Waals surface area (Å²) >= 11 is 0. The van der Waals surface area contributed by atoms with Crippen LogP contribution in [0, 0.1) is 0 Å². The number of sulfonamides is 1. The van der Waals surface area contributed by atoms with Crippen LogP contribution in [0.5, 0.6) is 0 Å². The Morgan fingerprint density at radius 2 is 1.82 bits per heavy atom. The number of aliphatic hydroxyl groups excluding tert-OH is 1. The predicted molar refractivity (Wildman–Crippen MR) is 64.0 cm³/mol. The second-order valence-electron chi connectivity index (χ2n) is 3.78. The SMILES string of the molecule is CCCN(CCC)S(=O)(=O)c1ccc(CO)o1. The van der Waals surface area contributed by atoms with Gasteiger partial charge in [0, 0.05) is 13.1 Å². The summed E-state index contributed by atoms with van der Waals surface area (Å²) in [5, 5.41) is 8.77. The van der Waals surface area contributed by atoms with E-state index in [0.717, 1.165) is 12.8 Å². The quantitative estimate of drug-likeness (QED) is 0.809. The maximum Gasteiger partial charge on any atom is 0.276 e. The van der Waals surface area contributed by atoms with E-state index in [9.17, 15) is 8.42 Å². The molecular weight excluding hydrogens is 242 g/mol. The Kier molecular flexibility index (Phi) is 5.17. The predicted octanol–water partition coefficient (Wildman–Crippen LogP) is 1.58. The summed E-state index contributed by atoms with van der Waals surface area (Å²) in [6, 6.07) is 2.86. The minimum atomic E-state index is -3.56. The van der Waals surface area contributed by atoms with Crippen molar-refractivity contribution in [3.8, 4) is 0 Å². The molecule has 0 aliphatic rings. The molecule has 1 N–H and O–H groups in total. The van der Waals surface area contributed by atoms with E-state index >= 15 is 0 Å². The highest BCUT2D eigenvalue weighted by atomic mass is 32.2. The van der Waals surface area contributed by atoms with Crippen molar-refractivity contribution in [3.63, 3.8) is 0 Å². The molecule has 0 bridgehead atoms. The van der Waals surface area contributed by atoms with E-state index in [2.05, 4.69) is 0 Å². The van der Waals surface area contributed by atoms with E-state index in [1.165, 1.54) is 16.4 Å². The van der Waals surface area contributed by atoms with E-state index in [-0.39, 0.29) is 17.5 Å². The van der Waals surface area contributed by atoms with Crippen LogP contribution in [0.25, 0.3) is 0 Å². The molecule has 0 fully saturated rings. The van der Waals surface area contributed by atoms with Gasteiger partial charge >= 0.3 is 0 Å². The Balaban J connectivity index is 2.98. The molecule has 5 nitrogen and oxygen atoms in total. The summed E-state index contributed by atoms with van der Waals surface area (Å²) < 4.78 is 30.9. The normalized spacial score (nSPS) is 12.2. The molecule has 0 saturated carbocycles. The lowest BCUT2D eigenvalue weighted by atomic mass is 10.4. The topological polar surface area (TPSA) is 70.8 Å². The molecule has 0 atom stereocenters. The van der Waals surface area contributed by atoms with Gasteiger partial charge in [-0.15, -0.1) is 0 Å². The number of nitrogens with zero attached hydrogens (tertiary/aromatic N) is 1. The van der Waals surface area contributed by atoms with Crippen molar-refractivity contribution in [1.29, 1.82) is 0 Å². The highest BCUT2D eigenvalue weighted by Gasteiger charge is 2.26. The van der Waals surface area contributed by atoms with Gasteiger partial charge in [-0.25, -0.2) is 8.42 Å². The van der Waals surface area contributed by atoms with Gasteiger partial charge in [0.25, 0.3) is 10.0 Å². The van der Waals surface area contributed by atoms with E-state index in [1.54, 1.807) is 0 Å². The fourth-order valence-corrected chi connectivity index (χ4v) is 3.11. The van der Waals surface area contributed by atoms with Crippen LogP contribution >= 0.6 is 0 Å². The molecule has 1 aromatic rings. The van der Waals surface area contributed by atoms with Gasteiger partial charge in [0.05, 0.1) is 0 Å². The maximum atomic E-state index is 12.2. The van der Waals surface area contributed by atoms with Crippen molar-refractivity contribution in [2.24, 2.45) is 0 Å². The summed E-state index contributed by atoms with van der Waals surface area (Å²) in [5.74, 6) is 0.261. The minimum absolute atomic E-state index is 0.0940. The first kappa shape index (κ1) is 14.2. The van der Waals surface area contributed by atoms with Crippen molar-refractivity contribution >= 4 is 10.0 Å². The first-order valence-electron chi connectivity index (χ1n) is 5.76. The molecule has 6 heteroatoms. The smallest absolute Gasteiger partial charge is 0.276 e. The molecule has 0 saturated heterocycles. The van der Waals surface area contributed by atoms with Crippen molar-refractivity contribution in [3.05, 3.63) is 17.9 Å². The zero-order chi connectivity index (χ0) is 12.9. The van der Waals surface area contributed by atoms with E-state index < -0.39 is 10.0 Å². The molecule has 0 aliphatic carbocycles. The number of hydrogen-bond donors (Lipinski definition) is 1. The largest absolute Gasteiger partial charge is 0.446 e. The first-order chi connectivity index (χ1) is 8.06. The van der Waals surface area contributed by atoms with Gasteiger partial charge in [0.2, 0.25) is 5.09 Å². The molecule has 0 aromatic carbocycles. The number of hydrogen-bond acceptors (Lipinski definition) is 4. The van der Waals surface area contributed by atoms with Gasteiger partial charge in [-0.1, -0.05) is 13.8 Å². The van der Waals surface area contributed by atoms with E-state index in [0.29, 0.717) is 13.1 Å². The molecule has 98 valence electrons. The van der Waals surface area contributed by atoms with Crippen molar-refractivity contribution in [2.45, 2.75) is 38.4 Å². The zero-order valence-corrected chi connectivity index (χ0v) is 11.0. The average Bonchev–Trinajstić information content (AvgIpc) is 2.78. The second-order valence-corrected chi connectivity index (χ2v) is 5.65. The van der Waals surface area contributed by atoms with Gasteiger partial charge in [-0.2, -0.15) is 4.31 Å². The third-order valence-electron chi connectivity index (χ3n) is 2.33. The van der Waals surface area contributed by atoms with Crippen LogP contribution in [0.4, 0.5) is 0 Å². The maximum absolute atomic E-state index is 12.2. The Hall–Kier alpha value is -0.850. The monoisotopic (exact) mass is 261 g/mol. The van der Waals surface area contributed by atoms with Crippen LogP contribution < -0.4 is 0 Å². The molecule has 0 spiro atoms. The lowest BCUT2D eigenvalue weighted by Crippen LogP contribution is -2.32. The molecule has 0 amide bonds. The molecular formula is C11H19NO4S. The average molecular weight is 261 g/mol. The molecule has 0 unspecified atom stereocenters. The van der Waals surface area contributed by atoms with E-state index in [1.807, 2.05) is 13.8 Å². The van der Waals surface area contributed by atoms with Crippen molar-refractivity contribution < 1.29 is 17.9 Å². The van der Waals surface area contributed by atoms with E-state index in [4.69, 9.17) is 9.52 Å². The summed E-state index contributed by atoms with van der Waals surface area (Å²) in [6.07, 6.45) is 1.51. The molecule has 0 radical (unpaired) electrons. The first-order valence-corrected chi connectivity index (χ1v) is 7.20. The van der Waals surface area contributed by atoms with Crippen LogP contribution in [0.15, 0.2) is 21.6 Å². The van der Waals surface area contributed by atoms with Gasteiger partial charge in [-0.3, -0.25) is 0 Å². The van der Waals surface area contributed by atoms with Crippen molar-refractivity contribution in [2.75, 3.05) is 13.1 Å². The third-order valence-corrected chi connectivity index (χ3v) is 4.11. The van der Waals surface area contributed by atoms with Crippen LogP contribution in [-0.4, -0.2) is 30.9 Å². The minimum Gasteiger partial charge on any atom is -0.446 e. The van der Waals surface area contributed by atoms with Gasteiger partial charge in [-0.05, 0) is 25.0 Å². The molecule has 1 rings (SSSR count). The zero-order valence-electron chi connectivity index (χ0n) is 10.2. The van der Waals surface area contributed by atoms with Gasteiger partial charge in [0.15, 0.2) is 0 Å². The summed E-state index contributed by atoms with van der Waals surface area (Å²) in [7, 11) is -3.56. The van der Waals surface area contributed by atoms with Crippen LogP contribution in [0.3, 0.4) is 0 Å².